The van der Waals surface area contributed by atoms with Crippen molar-refractivity contribution in [2.45, 2.75) is 19.5 Å². The number of aromatic nitrogens is 2. The summed E-state index contributed by atoms with van der Waals surface area (Å²) in [5, 5.41) is 0.997. The van der Waals surface area contributed by atoms with Crippen LogP contribution < -0.4 is 11.1 Å². The summed E-state index contributed by atoms with van der Waals surface area (Å²) in [6.07, 6.45) is 0. The van der Waals surface area contributed by atoms with Gasteiger partial charge in [-0.25, -0.2) is 0 Å². The average Bonchev–Trinajstić information content (AvgIpc) is 2.69. The van der Waals surface area contributed by atoms with Crippen molar-refractivity contribution in [2.75, 3.05) is 4.43 Å². The summed E-state index contributed by atoms with van der Waals surface area (Å²) in [4.78, 5) is 23.9. The predicted molar refractivity (Wildman–Crippen MR) is 75.1 cm³/mol. The Labute approximate surface area is 111 Å². The van der Waals surface area contributed by atoms with Gasteiger partial charge in [-0.15, -0.1) is 0 Å². The molecule has 0 bridgehead atoms. The van der Waals surface area contributed by atoms with Crippen LogP contribution in [0, 0.1) is 6.92 Å². The molecule has 5 heteroatoms. The Morgan fingerprint density at radius 3 is 2.82 bits per heavy atom. The van der Waals surface area contributed by atoms with Gasteiger partial charge in [-0.2, -0.15) is 0 Å². The minimum absolute atomic E-state index is 0.0123. The van der Waals surface area contributed by atoms with Crippen LogP contribution in [0.5, 0.6) is 0 Å². The maximum atomic E-state index is 11.9. The van der Waals surface area contributed by atoms with E-state index in [2.05, 4.69) is 22.6 Å². The molecular weight excluding hydrogens is 331 g/mol. The summed E-state index contributed by atoms with van der Waals surface area (Å²) in [7, 11) is 0. The lowest BCUT2D eigenvalue weighted by molar-refractivity contribution is 0.542. The van der Waals surface area contributed by atoms with E-state index in [-0.39, 0.29) is 17.2 Å². The fourth-order valence-electron chi connectivity index (χ4n) is 2.51. The molecule has 0 fully saturated rings. The van der Waals surface area contributed by atoms with Gasteiger partial charge < -0.3 is 0 Å². The van der Waals surface area contributed by atoms with Crippen molar-refractivity contribution in [1.82, 2.24) is 9.13 Å². The number of hydrogen-bond donors (Lipinski definition) is 0. The van der Waals surface area contributed by atoms with Crippen molar-refractivity contribution in [2.24, 2.45) is 0 Å². The molecule has 0 unspecified atom stereocenters. The highest BCUT2D eigenvalue weighted by Crippen LogP contribution is 2.26. The fraction of sp³-hybridized carbons (Fsp3) is 0.333. The van der Waals surface area contributed by atoms with Crippen molar-refractivity contribution in [3.63, 3.8) is 0 Å². The molecule has 4 nitrogen and oxygen atoms in total. The minimum atomic E-state index is -0.0181. The Kier molecular flexibility index (Phi) is 2.39. The highest BCUT2D eigenvalue weighted by molar-refractivity contribution is 14.1. The molecule has 0 aromatic carbocycles. The summed E-state index contributed by atoms with van der Waals surface area (Å²) in [5.41, 5.74) is 1.69. The Bertz CT molecular complexity index is 730. The van der Waals surface area contributed by atoms with E-state index in [9.17, 15) is 9.59 Å². The van der Waals surface area contributed by atoms with Crippen molar-refractivity contribution in [3.05, 3.63) is 44.5 Å². The number of aryl methyl sites for hydroxylation is 1. The standard InChI is InChI=1S/C12H11IN2O2/c1-7-4-11(17)14-6-8(5-13)15-10(16)3-2-9(7)12(14)15/h2-4,8H,5-6H2,1H3/t8-/m1/s1. The first-order valence-electron chi connectivity index (χ1n) is 5.45. The third kappa shape index (κ3) is 1.41. The molecule has 17 heavy (non-hydrogen) atoms. The summed E-state index contributed by atoms with van der Waals surface area (Å²) in [6.45, 7) is 2.52. The van der Waals surface area contributed by atoms with Crippen LogP contribution in [-0.2, 0) is 6.54 Å². The predicted octanol–water partition coefficient (Wildman–Crippen LogP) is 1.46. The molecule has 0 radical (unpaired) electrons. The zero-order valence-corrected chi connectivity index (χ0v) is 11.5. The molecule has 88 valence electrons. The average molecular weight is 342 g/mol. The lowest BCUT2D eigenvalue weighted by atomic mass is 10.2. The lowest BCUT2D eigenvalue weighted by Crippen LogP contribution is -2.22. The van der Waals surface area contributed by atoms with Crippen LogP contribution in [0.4, 0.5) is 0 Å². The Balaban J connectivity index is 2.57. The number of rotatable bonds is 1. The summed E-state index contributed by atoms with van der Waals surface area (Å²) in [5.74, 6) is 0. The zero-order valence-electron chi connectivity index (χ0n) is 9.31. The van der Waals surface area contributed by atoms with Gasteiger partial charge in [0, 0.05) is 28.5 Å². The number of pyridine rings is 2. The minimum Gasteiger partial charge on any atom is -0.292 e. The largest absolute Gasteiger partial charge is 0.292 e. The summed E-state index contributed by atoms with van der Waals surface area (Å²) < 4.78 is 4.31. The van der Waals surface area contributed by atoms with Gasteiger partial charge in [0.15, 0.2) is 0 Å². The van der Waals surface area contributed by atoms with Gasteiger partial charge >= 0.3 is 0 Å². The van der Waals surface area contributed by atoms with E-state index in [1.807, 2.05) is 13.0 Å². The van der Waals surface area contributed by atoms with Gasteiger partial charge in [0.05, 0.1) is 6.04 Å². The zero-order chi connectivity index (χ0) is 12.2. The molecular formula is C12H11IN2O2. The topological polar surface area (TPSA) is 44.0 Å². The van der Waals surface area contributed by atoms with Crippen molar-refractivity contribution in [3.8, 4) is 0 Å². The van der Waals surface area contributed by atoms with Crippen LogP contribution in [0.2, 0.25) is 0 Å². The second-order valence-electron chi connectivity index (χ2n) is 4.36. The van der Waals surface area contributed by atoms with Gasteiger partial charge in [-0.3, -0.25) is 18.7 Å². The van der Waals surface area contributed by atoms with Gasteiger partial charge in [0.25, 0.3) is 11.1 Å². The first kappa shape index (κ1) is 11.0. The van der Waals surface area contributed by atoms with E-state index in [1.165, 1.54) is 0 Å². The smallest absolute Gasteiger partial charge is 0.252 e. The molecule has 0 amide bonds. The van der Waals surface area contributed by atoms with Crippen LogP contribution in [0.3, 0.4) is 0 Å². The number of alkyl halides is 1. The third-order valence-electron chi connectivity index (χ3n) is 3.32. The van der Waals surface area contributed by atoms with Gasteiger partial charge in [0.2, 0.25) is 0 Å². The fourth-order valence-corrected chi connectivity index (χ4v) is 3.18. The lowest BCUT2D eigenvalue weighted by Gasteiger charge is -2.09. The second-order valence-corrected chi connectivity index (χ2v) is 5.24. The molecule has 0 aliphatic carbocycles. The molecule has 0 saturated heterocycles. The van der Waals surface area contributed by atoms with Crippen molar-refractivity contribution >= 4 is 33.6 Å². The maximum absolute atomic E-state index is 11.9. The normalized spacial score (nSPS) is 17.9. The van der Waals surface area contributed by atoms with Crippen LogP contribution in [0.1, 0.15) is 11.6 Å². The van der Waals surface area contributed by atoms with Gasteiger partial charge in [0.1, 0.15) is 5.65 Å². The van der Waals surface area contributed by atoms with Crippen LogP contribution in [0.25, 0.3) is 11.0 Å². The van der Waals surface area contributed by atoms with E-state index in [1.54, 1.807) is 21.3 Å². The Hall–Kier alpha value is -1.11. The molecule has 1 aliphatic heterocycles. The molecule has 0 N–H and O–H groups in total. The van der Waals surface area contributed by atoms with Gasteiger partial charge in [-0.1, -0.05) is 22.6 Å². The number of hydrogen-bond acceptors (Lipinski definition) is 2. The first-order chi connectivity index (χ1) is 8.13. The van der Waals surface area contributed by atoms with E-state index < -0.39 is 0 Å². The molecule has 0 saturated carbocycles. The number of halogens is 1. The molecule has 0 spiro atoms. The van der Waals surface area contributed by atoms with E-state index in [0.717, 1.165) is 21.0 Å². The van der Waals surface area contributed by atoms with Crippen molar-refractivity contribution < 1.29 is 0 Å². The molecule has 1 aliphatic rings. The van der Waals surface area contributed by atoms with E-state index in [4.69, 9.17) is 0 Å². The molecule has 3 rings (SSSR count). The first-order valence-corrected chi connectivity index (χ1v) is 6.97. The molecule has 2 aromatic rings. The highest BCUT2D eigenvalue weighted by atomic mass is 127. The third-order valence-corrected chi connectivity index (χ3v) is 4.34. The van der Waals surface area contributed by atoms with E-state index >= 15 is 0 Å². The monoisotopic (exact) mass is 342 g/mol. The summed E-state index contributed by atoms with van der Waals surface area (Å²) in [6, 6.07) is 5.15. The second kappa shape index (κ2) is 3.69. The van der Waals surface area contributed by atoms with Crippen LogP contribution >= 0.6 is 22.6 Å². The van der Waals surface area contributed by atoms with Crippen LogP contribution in [0.15, 0.2) is 27.8 Å². The SMILES string of the molecule is Cc1cc(=O)n2c3c1ccc(=O)n3[C@H](CI)C2. The molecule has 3 heterocycles. The Morgan fingerprint density at radius 1 is 1.35 bits per heavy atom. The Morgan fingerprint density at radius 2 is 2.12 bits per heavy atom. The van der Waals surface area contributed by atoms with Crippen LogP contribution in [-0.4, -0.2) is 13.6 Å². The maximum Gasteiger partial charge on any atom is 0.252 e. The highest BCUT2D eigenvalue weighted by Gasteiger charge is 2.25. The molecule has 2 aromatic heterocycles. The van der Waals surface area contributed by atoms with Crippen molar-refractivity contribution in [1.29, 1.82) is 0 Å². The van der Waals surface area contributed by atoms with Gasteiger partial charge in [-0.05, 0) is 18.6 Å². The quantitative estimate of drug-likeness (QED) is 0.582. The summed E-state index contributed by atoms with van der Waals surface area (Å²) >= 11 is 2.26. The number of nitrogens with zero attached hydrogens (tertiary/aromatic N) is 2. The van der Waals surface area contributed by atoms with E-state index in [0.29, 0.717) is 6.54 Å². The molecule has 1 atom stereocenters.